The Morgan fingerprint density at radius 1 is 1.62 bits per heavy atom. The minimum Gasteiger partial charge on any atom is -0.335 e. The molecule has 0 unspecified atom stereocenters. The van der Waals surface area contributed by atoms with Crippen molar-refractivity contribution in [3.63, 3.8) is 0 Å². The van der Waals surface area contributed by atoms with E-state index in [1.807, 2.05) is 0 Å². The number of amides is 2. The van der Waals surface area contributed by atoms with Crippen molar-refractivity contribution in [2.24, 2.45) is 0 Å². The van der Waals surface area contributed by atoms with E-state index in [1.54, 1.807) is 6.92 Å². The van der Waals surface area contributed by atoms with Crippen LogP contribution in [0.25, 0.3) is 0 Å². The smallest absolute Gasteiger partial charge is 0.321 e. The Hall–Kier alpha value is -1.59. The molecular formula is C7H11N5O. The summed E-state index contributed by atoms with van der Waals surface area (Å²) in [7, 11) is 0. The monoisotopic (exact) mass is 181 g/mol. The molecule has 0 radical (unpaired) electrons. The van der Waals surface area contributed by atoms with Crippen LogP contribution in [0.2, 0.25) is 0 Å². The van der Waals surface area contributed by atoms with Gasteiger partial charge in [0.15, 0.2) is 0 Å². The van der Waals surface area contributed by atoms with Crippen LogP contribution in [0.15, 0.2) is 0 Å². The lowest BCUT2D eigenvalue weighted by Crippen LogP contribution is -2.30. The normalized spacial score (nSPS) is 15.5. The van der Waals surface area contributed by atoms with E-state index < -0.39 is 0 Å². The predicted octanol–water partition coefficient (Wildman–Crippen LogP) is 0.397. The molecule has 0 spiro atoms. The van der Waals surface area contributed by atoms with Crippen LogP contribution < -0.4 is 10.6 Å². The van der Waals surface area contributed by atoms with Gasteiger partial charge in [-0.05, 0) is 19.8 Å². The maximum Gasteiger partial charge on any atom is 0.321 e. The van der Waals surface area contributed by atoms with Gasteiger partial charge >= 0.3 is 6.03 Å². The van der Waals surface area contributed by atoms with Gasteiger partial charge in [0.05, 0.1) is 0 Å². The van der Waals surface area contributed by atoms with Gasteiger partial charge in [-0.15, -0.1) is 5.10 Å². The number of carbonyl (C=O) groups is 1. The minimum atomic E-state index is -0.235. The van der Waals surface area contributed by atoms with Crippen molar-refractivity contribution in [1.29, 1.82) is 0 Å². The van der Waals surface area contributed by atoms with E-state index in [0.29, 0.717) is 17.8 Å². The first-order valence-electron chi connectivity index (χ1n) is 4.20. The fraction of sp³-hybridized carbons (Fsp3) is 0.571. The first-order chi connectivity index (χ1) is 6.24. The van der Waals surface area contributed by atoms with E-state index in [0.717, 1.165) is 12.8 Å². The summed E-state index contributed by atoms with van der Waals surface area (Å²) in [6.45, 7) is 1.77. The van der Waals surface area contributed by atoms with Crippen molar-refractivity contribution >= 4 is 12.0 Å². The molecule has 6 heteroatoms. The Kier molecular flexibility index (Phi) is 1.88. The second kappa shape index (κ2) is 3.04. The van der Waals surface area contributed by atoms with Crippen LogP contribution in [0.4, 0.5) is 10.7 Å². The van der Waals surface area contributed by atoms with Gasteiger partial charge < -0.3 is 5.32 Å². The van der Waals surface area contributed by atoms with E-state index in [2.05, 4.69) is 25.8 Å². The van der Waals surface area contributed by atoms with Crippen molar-refractivity contribution in [1.82, 2.24) is 20.5 Å². The molecule has 1 aliphatic carbocycles. The molecule has 1 aromatic heterocycles. The van der Waals surface area contributed by atoms with Crippen LogP contribution in [0.1, 0.15) is 18.7 Å². The summed E-state index contributed by atoms with van der Waals surface area (Å²) < 4.78 is 0. The molecule has 1 fully saturated rings. The molecular weight excluding hydrogens is 170 g/mol. The highest BCUT2D eigenvalue weighted by atomic mass is 16.2. The molecule has 3 N–H and O–H groups in total. The standard InChI is InChI=1S/C7H11N5O/c1-4-8-6(12-11-4)10-7(13)9-5-2-3-5/h5H,2-3H2,1H3,(H3,8,9,10,11,12,13). The van der Waals surface area contributed by atoms with Crippen LogP contribution in [-0.4, -0.2) is 27.3 Å². The molecule has 0 saturated heterocycles. The van der Waals surface area contributed by atoms with Crippen LogP contribution >= 0.6 is 0 Å². The number of aryl methyl sites for hydroxylation is 1. The number of urea groups is 1. The third-order valence-corrected chi connectivity index (χ3v) is 1.74. The molecule has 2 rings (SSSR count). The molecule has 6 nitrogen and oxygen atoms in total. The highest BCUT2D eigenvalue weighted by Gasteiger charge is 2.23. The molecule has 1 saturated carbocycles. The number of H-pyrrole nitrogens is 1. The number of nitrogens with zero attached hydrogens (tertiary/aromatic N) is 2. The lowest BCUT2D eigenvalue weighted by molar-refractivity contribution is 0.251. The number of rotatable bonds is 2. The molecule has 1 aliphatic rings. The Labute approximate surface area is 75.1 Å². The summed E-state index contributed by atoms with van der Waals surface area (Å²) in [4.78, 5) is 15.1. The van der Waals surface area contributed by atoms with Crippen LogP contribution in [0, 0.1) is 6.92 Å². The fourth-order valence-electron chi connectivity index (χ4n) is 0.949. The second-order valence-electron chi connectivity index (χ2n) is 3.12. The minimum absolute atomic E-state index is 0.235. The summed E-state index contributed by atoms with van der Waals surface area (Å²) in [5, 5.41) is 11.7. The Bertz CT molecular complexity index is 316. The maximum atomic E-state index is 11.2. The van der Waals surface area contributed by atoms with Crippen LogP contribution in [0.5, 0.6) is 0 Å². The summed E-state index contributed by atoms with van der Waals surface area (Å²) in [6, 6.07) is 0.113. The van der Waals surface area contributed by atoms with Gasteiger partial charge in [-0.3, -0.25) is 10.4 Å². The number of carbonyl (C=O) groups excluding carboxylic acids is 1. The fourth-order valence-corrected chi connectivity index (χ4v) is 0.949. The number of aromatic amines is 1. The number of nitrogens with one attached hydrogen (secondary N) is 3. The third kappa shape index (κ3) is 2.17. The number of hydrogen-bond donors (Lipinski definition) is 3. The molecule has 70 valence electrons. The van der Waals surface area contributed by atoms with Crippen molar-refractivity contribution < 1.29 is 4.79 Å². The molecule has 1 aromatic rings. The quantitative estimate of drug-likeness (QED) is 0.617. The number of anilines is 1. The maximum absolute atomic E-state index is 11.2. The van der Waals surface area contributed by atoms with Crippen LogP contribution in [-0.2, 0) is 0 Å². The van der Waals surface area contributed by atoms with Gasteiger partial charge in [-0.2, -0.15) is 4.98 Å². The summed E-state index contributed by atoms with van der Waals surface area (Å²) in [5.74, 6) is 0.998. The highest BCUT2D eigenvalue weighted by Crippen LogP contribution is 2.18. The molecule has 0 aliphatic heterocycles. The molecule has 13 heavy (non-hydrogen) atoms. The molecule has 2 amide bonds. The molecule has 0 atom stereocenters. The third-order valence-electron chi connectivity index (χ3n) is 1.74. The van der Waals surface area contributed by atoms with E-state index in [4.69, 9.17) is 0 Å². The first kappa shape index (κ1) is 8.03. The van der Waals surface area contributed by atoms with Crippen molar-refractivity contribution in [3.05, 3.63) is 5.82 Å². The van der Waals surface area contributed by atoms with Gasteiger partial charge in [0.25, 0.3) is 0 Å². The van der Waals surface area contributed by atoms with Gasteiger partial charge in [0, 0.05) is 6.04 Å². The zero-order chi connectivity index (χ0) is 9.26. The van der Waals surface area contributed by atoms with Crippen LogP contribution in [0.3, 0.4) is 0 Å². The number of aromatic nitrogens is 3. The summed E-state index contributed by atoms with van der Waals surface area (Å²) in [5.41, 5.74) is 0. The molecule has 0 aromatic carbocycles. The SMILES string of the molecule is Cc1nc(NC(=O)NC2CC2)n[nH]1. The average Bonchev–Trinajstić information content (AvgIpc) is 2.76. The molecule has 0 bridgehead atoms. The van der Waals surface area contributed by atoms with Gasteiger partial charge in [-0.25, -0.2) is 4.79 Å². The molecule has 1 heterocycles. The second-order valence-corrected chi connectivity index (χ2v) is 3.12. The van der Waals surface area contributed by atoms with E-state index in [9.17, 15) is 4.79 Å². The van der Waals surface area contributed by atoms with Crippen molar-refractivity contribution in [2.75, 3.05) is 5.32 Å². The van der Waals surface area contributed by atoms with E-state index in [-0.39, 0.29) is 6.03 Å². The van der Waals surface area contributed by atoms with Gasteiger partial charge in [0.2, 0.25) is 5.95 Å². The lowest BCUT2D eigenvalue weighted by atomic mass is 10.7. The first-order valence-corrected chi connectivity index (χ1v) is 4.20. The Morgan fingerprint density at radius 3 is 2.92 bits per heavy atom. The predicted molar refractivity (Wildman–Crippen MR) is 46.3 cm³/mol. The van der Waals surface area contributed by atoms with E-state index >= 15 is 0 Å². The Morgan fingerprint density at radius 2 is 2.38 bits per heavy atom. The number of hydrogen-bond acceptors (Lipinski definition) is 3. The zero-order valence-corrected chi connectivity index (χ0v) is 7.29. The van der Waals surface area contributed by atoms with Crippen molar-refractivity contribution in [3.8, 4) is 0 Å². The van der Waals surface area contributed by atoms with Gasteiger partial charge in [-0.1, -0.05) is 0 Å². The van der Waals surface area contributed by atoms with E-state index in [1.165, 1.54) is 0 Å². The Balaban J connectivity index is 1.85. The summed E-state index contributed by atoms with van der Waals surface area (Å²) in [6.07, 6.45) is 2.14. The lowest BCUT2D eigenvalue weighted by Gasteiger charge is -2.01. The van der Waals surface area contributed by atoms with Crippen molar-refractivity contribution in [2.45, 2.75) is 25.8 Å². The average molecular weight is 181 g/mol. The summed E-state index contributed by atoms with van der Waals surface area (Å²) >= 11 is 0. The topological polar surface area (TPSA) is 82.7 Å². The van der Waals surface area contributed by atoms with Gasteiger partial charge in [0.1, 0.15) is 5.82 Å². The highest BCUT2D eigenvalue weighted by molar-refractivity contribution is 5.87. The largest absolute Gasteiger partial charge is 0.335 e. The zero-order valence-electron chi connectivity index (χ0n) is 7.29.